The Morgan fingerprint density at radius 1 is 1.24 bits per heavy atom. The minimum absolute atomic E-state index is 0.308. The molecule has 0 spiro atoms. The molecule has 1 N–H and O–H groups in total. The summed E-state index contributed by atoms with van der Waals surface area (Å²) in [5.41, 5.74) is 2.84. The van der Waals surface area contributed by atoms with E-state index in [9.17, 15) is 4.21 Å². The number of hydrogen-bond donors (Lipinski definition) is 0. The first-order valence-corrected chi connectivity index (χ1v) is 10.9. The molecular formula is C21H22Cl2N3O2S+. The van der Waals surface area contributed by atoms with E-state index in [1.54, 1.807) is 25.3 Å². The van der Waals surface area contributed by atoms with E-state index in [2.05, 4.69) is 14.4 Å². The zero-order valence-electron chi connectivity index (χ0n) is 16.6. The van der Waals surface area contributed by atoms with Crippen molar-refractivity contribution in [2.45, 2.75) is 39.0 Å². The van der Waals surface area contributed by atoms with Crippen LogP contribution in [0.2, 0.25) is 10.2 Å². The van der Waals surface area contributed by atoms with E-state index in [0.29, 0.717) is 33.8 Å². The molecule has 3 aromatic rings. The number of H-pyrrole nitrogens is 1. The summed E-state index contributed by atoms with van der Waals surface area (Å²) in [7, 11) is -1.38. The van der Waals surface area contributed by atoms with Crippen LogP contribution in [0.5, 0.6) is 5.75 Å². The smallest absolute Gasteiger partial charge is 0.282 e. The van der Waals surface area contributed by atoms with Crippen LogP contribution >= 0.6 is 23.2 Å². The molecule has 0 fully saturated rings. The van der Waals surface area contributed by atoms with Gasteiger partial charge in [0.2, 0.25) is 5.52 Å². The largest absolute Gasteiger partial charge is 0.485 e. The Bertz CT molecular complexity index is 1100. The highest BCUT2D eigenvalue weighted by Gasteiger charge is 2.21. The monoisotopic (exact) mass is 450 g/mol. The second-order valence-corrected chi connectivity index (χ2v) is 10.2. The van der Waals surface area contributed by atoms with Crippen LogP contribution in [0.1, 0.15) is 39.0 Å². The zero-order valence-corrected chi connectivity index (χ0v) is 19.0. The number of nitrogens with one attached hydrogen (secondary N) is 1. The molecule has 2 aromatic heterocycles. The summed E-state index contributed by atoms with van der Waals surface area (Å²) in [4.78, 5) is 7.38. The van der Waals surface area contributed by atoms with Crippen LogP contribution in [0.4, 0.5) is 0 Å². The highest BCUT2D eigenvalue weighted by atomic mass is 35.5. The van der Waals surface area contributed by atoms with Gasteiger partial charge in [0, 0.05) is 11.6 Å². The Labute approximate surface area is 182 Å². The summed E-state index contributed by atoms with van der Waals surface area (Å²) >= 11 is 12.9. The highest BCUT2D eigenvalue weighted by molar-refractivity contribution is 7.85. The van der Waals surface area contributed by atoms with Crippen LogP contribution in [-0.4, -0.2) is 19.7 Å². The molecule has 0 radical (unpaired) electrons. The summed E-state index contributed by atoms with van der Waals surface area (Å²) in [6.45, 7) is 7.72. The Morgan fingerprint density at radius 2 is 2.00 bits per heavy atom. The molecule has 29 heavy (non-hydrogen) atoms. The number of nitrogens with zero attached hydrogens (tertiary/aromatic N) is 2. The summed E-state index contributed by atoms with van der Waals surface area (Å²) in [6, 6.07) is 11.1. The van der Waals surface area contributed by atoms with E-state index >= 15 is 0 Å². The van der Waals surface area contributed by atoms with E-state index in [-0.39, 0.29) is 0 Å². The standard InChI is InChI=1S/C21H21Cl2N3O2S/c1-13(26-29(27)21(2,3)4)16-9-14-10-17(22)19(11-18(14)25-20(16)23)28-12-15-7-5-6-8-24-15/h5-11H,12H2,1-4H3/p+1/b26-13+. The first-order chi connectivity index (χ1) is 13.6. The van der Waals surface area contributed by atoms with Gasteiger partial charge in [-0.1, -0.05) is 17.7 Å². The predicted molar refractivity (Wildman–Crippen MR) is 119 cm³/mol. The molecule has 0 saturated carbocycles. The van der Waals surface area contributed by atoms with Gasteiger partial charge in [-0.3, -0.25) is 4.98 Å². The summed E-state index contributed by atoms with van der Waals surface area (Å²) in [5.74, 6) is 0.532. The summed E-state index contributed by atoms with van der Waals surface area (Å²) in [5, 5.41) is 1.72. The van der Waals surface area contributed by atoms with Crippen molar-refractivity contribution in [1.82, 2.24) is 4.98 Å². The molecule has 3 rings (SSSR count). The van der Waals surface area contributed by atoms with E-state index < -0.39 is 15.7 Å². The lowest BCUT2D eigenvalue weighted by atomic mass is 10.1. The fraction of sp³-hybridized carbons (Fsp3) is 0.286. The van der Waals surface area contributed by atoms with Gasteiger partial charge in [-0.05, 0) is 63.6 Å². The Hall–Kier alpha value is -2.02. The van der Waals surface area contributed by atoms with Gasteiger partial charge in [0.05, 0.1) is 32.8 Å². The second-order valence-electron chi connectivity index (χ2n) is 7.51. The average molecular weight is 451 g/mol. The van der Waals surface area contributed by atoms with Crippen LogP contribution in [0.25, 0.3) is 10.9 Å². The second kappa shape index (κ2) is 8.78. The van der Waals surface area contributed by atoms with E-state index in [4.69, 9.17) is 27.9 Å². The van der Waals surface area contributed by atoms with Crippen molar-refractivity contribution < 1.29 is 13.9 Å². The molecule has 1 unspecified atom stereocenters. The first kappa shape index (κ1) is 21.7. The number of rotatable bonds is 5. The number of benzene rings is 1. The van der Waals surface area contributed by atoms with Gasteiger partial charge in [0.1, 0.15) is 23.3 Å². The van der Waals surface area contributed by atoms with Crippen molar-refractivity contribution in [2.75, 3.05) is 0 Å². The quantitative estimate of drug-likeness (QED) is 0.395. The van der Waals surface area contributed by atoms with Gasteiger partial charge in [-0.15, -0.1) is 0 Å². The molecular weight excluding hydrogens is 429 g/mol. The SMILES string of the molecule is C/C(=N\S(=O)C(C)(C)C)c1cc2cc(Cl)c(OCc3ccccn3)cc2[nH+]c1Cl. The van der Waals surface area contributed by atoms with Crippen molar-refractivity contribution in [2.24, 2.45) is 4.40 Å². The van der Waals surface area contributed by atoms with Gasteiger partial charge in [0.25, 0.3) is 5.15 Å². The maximum atomic E-state index is 12.3. The molecule has 1 atom stereocenters. The third-order valence-electron chi connectivity index (χ3n) is 4.12. The molecule has 0 amide bonds. The summed E-state index contributed by atoms with van der Waals surface area (Å²) in [6.07, 6.45) is 1.71. The number of ether oxygens (including phenoxy) is 1. The van der Waals surface area contributed by atoms with Gasteiger partial charge in [0.15, 0.2) is 0 Å². The van der Waals surface area contributed by atoms with E-state index in [1.807, 2.05) is 45.0 Å². The van der Waals surface area contributed by atoms with Crippen molar-refractivity contribution in [1.29, 1.82) is 0 Å². The molecule has 5 nitrogen and oxygen atoms in total. The van der Waals surface area contributed by atoms with Crippen molar-refractivity contribution >= 4 is 50.8 Å². The molecule has 8 heteroatoms. The molecule has 0 aliphatic heterocycles. The lowest BCUT2D eigenvalue weighted by Crippen LogP contribution is -2.21. The van der Waals surface area contributed by atoms with Crippen LogP contribution in [0.15, 0.2) is 47.0 Å². The normalized spacial score (nSPS) is 13.5. The van der Waals surface area contributed by atoms with Crippen LogP contribution < -0.4 is 9.72 Å². The van der Waals surface area contributed by atoms with Crippen molar-refractivity contribution in [3.8, 4) is 5.75 Å². The van der Waals surface area contributed by atoms with Crippen molar-refractivity contribution in [3.63, 3.8) is 0 Å². The maximum absolute atomic E-state index is 12.3. The number of halogens is 2. The third kappa shape index (κ3) is 5.32. The van der Waals surface area contributed by atoms with Crippen LogP contribution in [0, 0.1) is 0 Å². The van der Waals surface area contributed by atoms with Crippen molar-refractivity contribution in [3.05, 3.63) is 64.0 Å². The number of pyridine rings is 2. The fourth-order valence-electron chi connectivity index (χ4n) is 2.52. The molecule has 2 heterocycles. The molecule has 0 saturated heterocycles. The number of aromatic nitrogens is 2. The Balaban J connectivity index is 1.92. The lowest BCUT2D eigenvalue weighted by Gasteiger charge is -2.14. The number of hydrogen-bond acceptors (Lipinski definition) is 3. The zero-order chi connectivity index (χ0) is 21.2. The Kier molecular flexibility index (Phi) is 6.56. The predicted octanol–water partition coefficient (Wildman–Crippen LogP) is 5.21. The summed E-state index contributed by atoms with van der Waals surface area (Å²) < 4.78 is 22.0. The van der Waals surface area contributed by atoms with Gasteiger partial charge in [-0.2, -0.15) is 9.38 Å². The first-order valence-electron chi connectivity index (χ1n) is 9.00. The third-order valence-corrected chi connectivity index (χ3v) is 6.20. The van der Waals surface area contributed by atoms with Crippen LogP contribution in [-0.2, 0) is 17.6 Å². The molecule has 0 bridgehead atoms. The molecule has 0 aliphatic rings. The average Bonchev–Trinajstić information content (AvgIpc) is 2.66. The minimum Gasteiger partial charge on any atom is -0.485 e. The molecule has 0 aliphatic carbocycles. The fourth-order valence-corrected chi connectivity index (χ4v) is 3.66. The minimum atomic E-state index is -1.38. The molecule has 1 aromatic carbocycles. The van der Waals surface area contributed by atoms with Gasteiger partial charge in [-0.25, -0.2) is 4.21 Å². The maximum Gasteiger partial charge on any atom is 0.282 e. The van der Waals surface area contributed by atoms with E-state index in [0.717, 1.165) is 16.6 Å². The highest BCUT2D eigenvalue weighted by Crippen LogP contribution is 2.30. The molecule has 152 valence electrons. The number of fused-ring (bicyclic) bond motifs is 1. The van der Waals surface area contributed by atoms with Gasteiger partial charge < -0.3 is 4.74 Å². The van der Waals surface area contributed by atoms with Gasteiger partial charge >= 0.3 is 0 Å². The number of aromatic amines is 1. The van der Waals surface area contributed by atoms with Crippen LogP contribution in [0.3, 0.4) is 0 Å². The van der Waals surface area contributed by atoms with E-state index in [1.165, 1.54) is 0 Å². The topological polar surface area (TPSA) is 65.7 Å². The Morgan fingerprint density at radius 3 is 2.66 bits per heavy atom. The lowest BCUT2D eigenvalue weighted by molar-refractivity contribution is -0.342.